The van der Waals surface area contributed by atoms with Gasteiger partial charge < -0.3 is 10.4 Å². The van der Waals surface area contributed by atoms with Gasteiger partial charge in [0.1, 0.15) is 0 Å². The predicted molar refractivity (Wildman–Crippen MR) is 72.6 cm³/mol. The van der Waals surface area contributed by atoms with E-state index in [1.807, 2.05) is 0 Å². The number of hydrogen-bond donors (Lipinski definition) is 2. The van der Waals surface area contributed by atoms with E-state index in [0.29, 0.717) is 6.04 Å². The van der Waals surface area contributed by atoms with E-state index in [9.17, 15) is 4.79 Å². The minimum absolute atomic E-state index is 0.120. The van der Waals surface area contributed by atoms with Gasteiger partial charge in [0, 0.05) is 6.04 Å². The van der Waals surface area contributed by atoms with Gasteiger partial charge in [-0.3, -0.25) is 4.79 Å². The molecule has 0 bridgehead atoms. The molecule has 0 aromatic heterocycles. The van der Waals surface area contributed by atoms with Crippen LogP contribution in [-0.2, 0) is 4.79 Å². The molecule has 102 valence electrons. The summed E-state index contributed by atoms with van der Waals surface area (Å²) >= 11 is 0. The van der Waals surface area contributed by atoms with Gasteiger partial charge in [0.05, 0.1) is 5.92 Å². The second-order valence-corrected chi connectivity index (χ2v) is 5.71. The summed E-state index contributed by atoms with van der Waals surface area (Å²) in [4.78, 5) is 11.0. The van der Waals surface area contributed by atoms with Gasteiger partial charge in [0.2, 0.25) is 0 Å². The van der Waals surface area contributed by atoms with Crippen molar-refractivity contribution in [1.29, 1.82) is 0 Å². The molecule has 3 nitrogen and oxygen atoms in total. The van der Waals surface area contributed by atoms with E-state index < -0.39 is 5.97 Å². The summed E-state index contributed by atoms with van der Waals surface area (Å²) in [5.74, 6) is -0.735. The second kappa shape index (κ2) is 6.93. The van der Waals surface area contributed by atoms with Crippen LogP contribution in [0, 0.1) is 5.92 Å². The lowest BCUT2D eigenvalue weighted by atomic mass is 9.85. The first-order valence-electron chi connectivity index (χ1n) is 7.40. The van der Waals surface area contributed by atoms with E-state index in [4.69, 9.17) is 5.11 Å². The monoisotopic (exact) mass is 251 g/mol. The first-order chi connectivity index (χ1) is 8.75. The highest BCUT2D eigenvalue weighted by Gasteiger charge is 2.26. The highest BCUT2D eigenvalue weighted by molar-refractivity contribution is 5.70. The van der Waals surface area contributed by atoms with Crippen LogP contribution < -0.4 is 5.32 Å². The van der Waals surface area contributed by atoms with Crippen LogP contribution in [0.2, 0.25) is 0 Å². The lowest BCUT2D eigenvalue weighted by Crippen LogP contribution is -2.37. The molecule has 2 atom stereocenters. The lowest BCUT2D eigenvalue weighted by Gasteiger charge is -2.27. The SMILES string of the molecule is O=C(O)C1CCCC(NCCC2=CCCCC2)C1. The number of carboxylic acids is 1. The quantitative estimate of drug-likeness (QED) is 0.738. The van der Waals surface area contributed by atoms with E-state index in [1.54, 1.807) is 5.57 Å². The normalized spacial score (nSPS) is 28.8. The Labute approximate surface area is 110 Å². The van der Waals surface area contributed by atoms with Crippen LogP contribution in [0.5, 0.6) is 0 Å². The first kappa shape index (κ1) is 13.6. The minimum atomic E-state index is -0.614. The standard InChI is InChI=1S/C15H25NO2/c17-15(18)13-7-4-8-14(11-13)16-10-9-12-5-2-1-3-6-12/h5,13-14,16H,1-4,6-11H2,(H,17,18). The van der Waals surface area contributed by atoms with Gasteiger partial charge in [0.15, 0.2) is 0 Å². The van der Waals surface area contributed by atoms with Crippen molar-refractivity contribution in [2.45, 2.75) is 63.8 Å². The predicted octanol–water partition coefficient (Wildman–Crippen LogP) is 3.11. The third-order valence-corrected chi connectivity index (χ3v) is 4.29. The van der Waals surface area contributed by atoms with Crippen molar-refractivity contribution in [2.75, 3.05) is 6.54 Å². The number of aliphatic carboxylic acids is 1. The molecule has 0 spiro atoms. The Bertz CT molecular complexity index is 312. The molecule has 0 heterocycles. The van der Waals surface area contributed by atoms with Crippen molar-refractivity contribution in [3.63, 3.8) is 0 Å². The largest absolute Gasteiger partial charge is 0.481 e. The van der Waals surface area contributed by atoms with Crippen molar-refractivity contribution < 1.29 is 9.90 Å². The lowest BCUT2D eigenvalue weighted by molar-refractivity contribution is -0.143. The highest BCUT2D eigenvalue weighted by Crippen LogP contribution is 2.25. The Morgan fingerprint density at radius 2 is 2.22 bits per heavy atom. The summed E-state index contributed by atoms with van der Waals surface area (Å²) < 4.78 is 0. The van der Waals surface area contributed by atoms with Crippen LogP contribution in [0.25, 0.3) is 0 Å². The molecule has 2 aliphatic rings. The molecule has 0 aromatic rings. The third-order valence-electron chi connectivity index (χ3n) is 4.29. The number of allylic oxidation sites excluding steroid dienone is 1. The van der Waals surface area contributed by atoms with Gasteiger partial charge >= 0.3 is 5.97 Å². The molecule has 2 unspecified atom stereocenters. The topological polar surface area (TPSA) is 49.3 Å². The molecule has 1 saturated carbocycles. The second-order valence-electron chi connectivity index (χ2n) is 5.71. The summed E-state index contributed by atoms with van der Waals surface area (Å²) in [6.45, 7) is 1.02. The maximum absolute atomic E-state index is 11.0. The van der Waals surface area contributed by atoms with Crippen LogP contribution in [0.3, 0.4) is 0 Å². The Morgan fingerprint density at radius 1 is 1.33 bits per heavy atom. The first-order valence-corrected chi connectivity index (χ1v) is 7.40. The fraction of sp³-hybridized carbons (Fsp3) is 0.800. The summed E-state index contributed by atoms with van der Waals surface area (Å²) in [5.41, 5.74) is 1.60. The van der Waals surface area contributed by atoms with Crippen molar-refractivity contribution in [2.24, 2.45) is 5.92 Å². The molecule has 2 N–H and O–H groups in total. The zero-order chi connectivity index (χ0) is 12.8. The molecule has 0 radical (unpaired) electrons. The molecule has 0 amide bonds. The highest BCUT2D eigenvalue weighted by atomic mass is 16.4. The summed E-state index contributed by atoms with van der Waals surface area (Å²) in [7, 11) is 0. The smallest absolute Gasteiger partial charge is 0.306 e. The summed E-state index contributed by atoms with van der Waals surface area (Å²) in [6.07, 6.45) is 12.6. The number of nitrogens with one attached hydrogen (secondary N) is 1. The van der Waals surface area contributed by atoms with Crippen LogP contribution in [0.1, 0.15) is 57.8 Å². The van der Waals surface area contributed by atoms with Crippen molar-refractivity contribution in [3.8, 4) is 0 Å². The molecule has 0 aliphatic heterocycles. The van der Waals surface area contributed by atoms with Crippen molar-refractivity contribution in [3.05, 3.63) is 11.6 Å². The van der Waals surface area contributed by atoms with Gasteiger partial charge in [-0.15, -0.1) is 0 Å². The van der Waals surface area contributed by atoms with E-state index in [-0.39, 0.29) is 5.92 Å². The summed E-state index contributed by atoms with van der Waals surface area (Å²) in [5, 5.41) is 12.6. The molecule has 2 aliphatic carbocycles. The molecular weight excluding hydrogens is 226 g/mol. The van der Waals surface area contributed by atoms with Crippen LogP contribution in [-0.4, -0.2) is 23.7 Å². The van der Waals surface area contributed by atoms with Crippen molar-refractivity contribution in [1.82, 2.24) is 5.32 Å². The summed E-state index contributed by atoms with van der Waals surface area (Å²) in [6, 6.07) is 0.420. The van der Waals surface area contributed by atoms with Crippen molar-refractivity contribution >= 4 is 5.97 Å². The van der Waals surface area contributed by atoms with E-state index in [1.165, 1.54) is 25.7 Å². The Balaban J connectivity index is 1.66. The molecule has 18 heavy (non-hydrogen) atoms. The van der Waals surface area contributed by atoms with Gasteiger partial charge in [-0.1, -0.05) is 18.1 Å². The van der Waals surface area contributed by atoms with E-state index >= 15 is 0 Å². The third kappa shape index (κ3) is 4.13. The zero-order valence-corrected chi connectivity index (χ0v) is 11.2. The molecule has 0 saturated heterocycles. The Hall–Kier alpha value is -0.830. The van der Waals surface area contributed by atoms with E-state index in [0.717, 1.165) is 38.6 Å². The van der Waals surface area contributed by atoms with Gasteiger partial charge in [-0.05, 0) is 57.9 Å². The van der Waals surface area contributed by atoms with Gasteiger partial charge in [0.25, 0.3) is 0 Å². The molecule has 3 heteroatoms. The van der Waals surface area contributed by atoms with Gasteiger partial charge in [-0.25, -0.2) is 0 Å². The average Bonchev–Trinajstić information content (AvgIpc) is 2.40. The molecule has 0 aromatic carbocycles. The fourth-order valence-corrected chi connectivity index (χ4v) is 3.17. The zero-order valence-electron chi connectivity index (χ0n) is 11.2. The maximum Gasteiger partial charge on any atom is 0.306 e. The fourth-order valence-electron chi connectivity index (χ4n) is 3.17. The minimum Gasteiger partial charge on any atom is -0.481 e. The molecule has 1 fully saturated rings. The van der Waals surface area contributed by atoms with Crippen LogP contribution >= 0.6 is 0 Å². The number of carboxylic acid groups (broad SMARTS) is 1. The Morgan fingerprint density at radius 3 is 2.94 bits per heavy atom. The number of hydrogen-bond acceptors (Lipinski definition) is 2. The molecule has 2 rings (SSSR count). The number of rotatable bonds is 5. The Kier molecular flexibility index (Phi) is 5.24. The van der Waals surface area contributed by atoms with Crippen LogP contribution in [0.4, 0.5) is 0 Å². The number of carbonyl (C=O) groups is 1. The van der Waals surface area contributed by atoms with Gasteiger partial charge in [-0.2, -0.15) is 0 Å². The van der Waals surface area contributed by atoms with E-state index in [2.05, 4.69) is 11.4 Å². The average molecular weight is 251 g/mol. The maximum atomic E-state index is 11.0. The molecular formula is C15H25NO2. The van der Waals surface area contributed by atoms with Crippen LogP contribution in [0.15, 0.2) is 11.6 Å².